The summed E-state index contributed by atoms with van der Waals surface area (Å²) in [6, 6.07) is 11.5. The molecule has 3 heterocycles. The van der Waals surface area contributed by atoms with Crippen LogP contribution in [0.3, 0.4) is 0 Å². The van der Waals surface area contributed by atoms with Crippen LogP contribution >= 0.6 is 0 Å². The summed E-state index contributed by atoms with van der Waals surface area (Å²) < 4.78 is 20.0. The Morgan fingerprint density at radius 3 is 2.63 bits per heavy atom. The first-order chi connectivity index (χ1) is 12.7. The Kier molecular flexibility index (Phi) is 6.16. The second-order valence-electron chi connectivity index (χ2n) is 5.84. The molecule has 0 bridgehead atoms. The van der Waals surface area contributed by atoms with Crippen molar-refractivity contribution in [2.75, 3.05) is 7.11 Å². The maximum atomic E-state index is 12.7. The van der Waals surface area contributed by atoms with E-state index < -0.39 is 10.8 Å². The summed E-state index contributed by atoms with van der Waals surface area (Å²) in [5.41, 5.74) is 4.07. The standard InChI is InChI=1S/C19H17N4O2S.Na/c1-13-17(20-8-7-18(13)25-2)12-26(24)19-21-15-6-5-14(11-16(15)22-19)23-9-3-4-10-23;/h3-11H,12H2,1-2H3;/q-1;+1. The molecule has 6 nitrogen and oxygen atoms in total. The Balaban J connectivity index is 0.00000210. The van der Waals surface area contributed by atoms with Crippen LogP contribution in [0, 0.1) is 6.92 Å². The van der Waals surface area contributed by atoms with Crippen molar-refractivity contribution < 1.29 is 38.5 Å². The van der Waals surface area contributed by atoms with Gasteiger partial charge in [0.1, 0.15) is 10.9 Å². The van der Waals surface area contributed by atoms with Crippen LogP contribution in [-0.4, -0.2) is 30.8 Å². The van der Waals surface area contributed by atoms with Gasteiger partial charge in [-0.15, -0.1) is 6.07 Å². The quantitative estimate of drug-likeness (QED) is 0.360. The third-order valence-electron chi connectivity index (χ3n) is 4.24. The number of pyridine rings is 1. The zero-order valence-electron chi connectivity index (χ0n) is 15.4. The van der Waals surface area contributed by atoms with Crippen molar-refractivity contribution in [1.29, 1.82) is 0 Å². The largest absolute Gasteiger partial charge is 1.00 e. The van der Waals surface area contributed by atoms with Crippen LogP contribution in [0.25, 0.3) is 16.7 Å². The summed E-state index contributed by atoms with van der Waals surface area (Å²) in [5.74, 6) is 0.987. The van der Waals surface area contributed by atoms with Crippen LogP contribution in [0.4, 0.5) is 0 Å². The average Bonchev–Trinajstić information content (AvgIpc) is 3.32. The maximum Gasteiger partial charge on any atom is 1.00 e. The molecule has 8 heteroatoms. The number of rotatable bonds is 5. The van der Waals surface area contributed by atoms with Crippen LogP contribution in [0.2, 0.25) is 0 Å². The van der Waals surface area contributed by atoms with E-state index in [4.69, 9.17) is 4.74 Å². The third-order valence-corrected chi connectivity index (χ3v) is 5.37. The minimum absolute atomic E-state index is 0. The first kappa shape index (κ1) is 19.8. The summed E-state index contributed by atoms with van der Waals surface area (Å²) in [6.07, 6.45) is 5.59. The predicted molar refractivity (Wildman–Crippen MR) is 100 cm³/mol. The van der Waals surface area contributed by atoms with Gasteiger partial charge in [0.05, 0.1) is 18.6 Å². The van der Waals surface area contributed by atoms with Gasteiger partial charge in [-0.1, -0.05) is 23.2 Å². The van der Waals surface area contributed by atoms with Crippen molar-refractivity contribution in [3.05, 3.63) is 66.2 Å². The van der Waals surface area contributed by atoms with Crippen molar-refractivity contribution in [2.24, 2.45) is 0 Å². The molecule has 0 fully saturated rings. The predicted octanol–water partition coefficient (Wildman–Crippen LogP) is 0.163. The Morgan fingerprint density at radius 1 is 1.15 bits per heavy atom. The van der Waals surface area contributed by atoms with Gasteiger partial charge in [-0.3, -0.25) is 9.19 Å². The second kappa shape index (κ2) is 8.39. The Bertz CT molecular complexity index is 1090. The number of nitrogens with zero attached hydrogens (tertiary/aromatic N) is 4. The molecule has 0 spiro atoms. The average molecular weight is 388 g/mol. The van der Waals surface area contributed by atoms with Gasteiger partial charge in [-0.25, -0.2) is 0 Å². The molecule has 0 amide bonds. The van der Waals surface area contributed by atoms with Crippen molar-refractivity contribution in [1.82, 2.24) is 19.5 Å². The summed E-state index contributed by atoms with van der Waals surface area (Å²) in [6.45, 7) is 1.91. The first-order valence-corrected chi connectivity index (χ1v) is 9.42. The van der Waals surface area contributed by atoms with Crippen LogP contribution in [-0.2, 0) is 16.6 Å². The van der Waals surface area contributed by atoms with E-state index in [9.17, 15) is 4.21 Å². The molecule has 27 heavy (non-hydrogen) atoms. The SMILES string of the molecule is COc1ccnc(CS(=O)[c-]2nc3ccc(-n4cccc4)cc3n2)c1C.[Na+]. The number of ether oxygens (including phenoxy) is 1. The third kappa shape index (κ3) is 4.01. The number of hydrogen-bond donors (Lipinski definition) is 0. The van der Waals surface area contributed by atoms with E-state index in [-0.39, 0.29) is 35.3 Å². The Hall–Kier alpha value is -1.93. The Labute approximate surface area is 181 Å². The molecular weight excluding hydrogens is 371 g/mol. The molecule has 0 N–H and O–H groups in total. The van der Waals surface area contributed by atoms with Gasteiger partial charge in [0, 0.05) is 40.6 Å². The van der Waals surface area contributed by atoms with Crippen molar-refractivity contribution in [3.63, 3.8) is 0 Å². The van der Waals surface area contributed by atoms with Crippen LogP contribution in [0.5, 0.6) is 5.75 Å². The zero-order chi connectivity index (χ0) is 18.1. The van der Waals surface area contributed by atoms with Crippen molar-refractivity contribution in [2.45, 2.75) is 17.8 Å². The van der Waals surface area contributed by atoms with Gasteiger partial charge in [-0.05, 0) is 25.1 Å². The van der Waals surface area contributed by atoms with E-state index in [0.29, 0.717) is 5.16 Å². The Morgan fingerprint density at radius 2 is 1.89 bits per heavy atom. The molecule has 132 valence electrons. The molecule has 1 unspecified atom stereocenters. The number of imidazole rings is 1. The minimum Gasteiger partial charge on any atom is -0.496 e. The van der Waals surface area contributed by atoms with Crippen LogP contribution < -0.4 is 34.3 Å². The summed E-state index contributed by atoms with van der Waals surface area (Å²) in [7, 11) is 0.232. The molecule has 4 rings (SSSR count). The van der Waals surface area contributed by atoms with Gasteiger partial charge < -0.3 is 19.3 Å². The summed E-state index contributed by atoms with van der Waals surface area (Å²) in [4.78, 5) is 13.2. The maximum absolute atomic E-state index is 12.7. The molecule has 0 aliphatic rings. The molecule has 3 aromatic heterocycles. The molecular formula is C19H17N4NaO2S. The normalized spacial score (nSPS) is 11.9. The zero-order valence-corrected chi connectivity index (χ0v) is 18.2. The van der Waals surface area contributed by atoms with E-state index in [1.165, 1.54) is 0 Å². The summed E-state index contributed by atoms with van der Waals surface area (Å²) in [5, 5.41) is 0.327. The van der Waals surface area contributed by atoms with Crippen LogP contribution in [0.1, 0.15) is 11.3 Å². The van der Waals surface area contributed by atoms with E-state index >= 15 is 0 Å². The molecule has 0 saturated carbocycles. The van der Waals surface area contributed by atoms with Gasteiger partial charge in [0.15, 0.2) is 0 Å². The van der Waals surface area contributed by atoms with Gasteiger partial charge in [0.2, 0.25) is 0 Å². The minimum atomic E-state index is -1.38. The number of methoxy groups -OCH3 is 1. The molecule has 0 radical (unpaired) electrons. The number of fused-ring (bicyclic) bond motifs is 1. The number of hydrogen-bond acceptors (Lipinski definition) is 5. The fourth-order valence-corrected chi connectivity index (χ4v) is 3.88. The molecule has 1 aromatic carbocycles. The summed E-state index contributed by atoms with van der Waals surface area (Å²) >= 11 is 0. The number of aromatic nitrogens is 4. The van der Waals surface area contributed by atoms with E-state index in [0.717, 1.165) is 33.7 Å². The number of benzene rings is 1. The van der Waals surface area contributed by atoms with Crippen molar-refractivity contribution in [3.8, 4) is 11.4 Å². The molecule has 4 aromatic rings. The van der Waals surface area contributed by atoms with Crippen LogP contribution in [0.15, 0.2) is 60.1 Å². The fourth-order valence-electron chi connectivity index (χ4n) is 2.81. The van der Waals surface area contributed by atoms with E-state index in [2.05, 4.69) is 15.0 Å². The van der Waals surface area contributed by atoms with Crippen molar-refractivity contribution >= 4 is 21.8 Å². The topological polar surface area (TPSA) is 69.9 Å². The fraction of sp³-hybridized carbons (Fsp3) is 0.158. The smallest absolute Gasteiger partial charge is 0.496 e. The van der Waals surface area contributed by atoms with E-state index in [1.807, 2.05) is 54.2 Å². The molecule has 0 aliphatic carbocycles. The van der Waals surface area contributed by atoms with E-state index in [1.54, 1.807) is 19.4 Å². The van der Waals surface area contributed by atoms with Gasteiger partial charge in [-0.2, -0.15) is 0 Å². The van der Waals surface area contributed by atoms with Gasteiger partial charge >= 0.3 is 29.6 Å². The second-order valence-corrected chi connectivity index (χ2v) is 7.19. The first-order valence-electron chi connectivity index (χ1n) is 8.10. The monoisotopic (exact) mass is 388 g/mol. The van der Waals surface area contributed by atoms with Gasteiger partial charge in [0.25, 0.3) is 0 Å². The molecule has 0 saturated heterocycles. The molecule has 1 atom stereocenters. The molecule has 0 aliphatic heterocycles.